The number of rotatable bonds is 3. The molecule has 5 heteroatoms. The summed E-state index contributed by atoms with van der Waals surface area (Å²) in [5.41, 5.74) is 0.838. The molecule has 3 nitrogen and oxygen atoms in total. The molecule has 0 aromatic rings. The fraction of sp³-hybridized carbons (Fsp3) is 0.385. The maximum atomic E-state index is 11.8. The van der Waals surface area contributed by atoms with Gasteiger partial charge in [-0.05, 0) is 25.0 Å². The van der Waals surface area contributed by atoms with E-state index in [1.54, 1.807) is 6.08 Å². The van der Waals surface area contributed by atoms with Gasteiger partial charge in [0.15, 0.2) is 0 Å². The first-order valence-electron chi connectivity index (χ1n) is 5.84. The van der Waals surface area contributed by atoms with Gasteiger partial charge < -0.3 is 5.11 Å². The third-order valence-electron chi connectivity index (χ3n) is 3.01. The topological polar surface area (TPSA) is 49.7 Å². The van der Waals surface area contributed by atoms with Crippen LogP contribution in [0.4, 0.5) is 0 Å². The van der Waals surface area contributed by atoms with Crippen molar-refractivity contribution in [2.45, 2.75) is 26.2 Å². The predicted molar refractivity (Wildman–Crippen MR) is 73.0 cm³/mol. The molecule has 0 aromatic heterocycles. The summed E-state index contributed by atoms with van der Waals surface area (Å²) in [6, 6.07) is 0. The van der Waals surface area contributed by atoms with Crippen LogP contribution in [-0.4, -0.2) is 16.7 Å². The number of hydrogen-bond acceptors (Lipinski definition) is 2. The highest BCUT2D eigenvalue weighted by atomic mass is 35.5. The Labute approximate surface area is 115 Å². The van der Waals surface area contributed by atoms with Crippen molar-refractivity contribution in [3.8, 4) is 0 Å². The average molecular weight is 286 g/mol. The lowest BCUT2D eigenvalue weighted by Crippen LogP contribution is -2.25. The van der Waals surface area contributed by atoms with Gasteiger partial charge in [0.25, 0.3) is 5.91 Å². The van der Waals surface area contributed by atoms with E-state index in [4.69, 9.17) is 23.2 Å². The zero-order valence-corrected chi connectivity index (χ0v) is 11.4. The number of aliphatic imine (C=N–C) groups is 1. The van der Waals surface area contributed by atoms with E-state index in [0.29, 0.717) is 27.8 Å². The molecule has 1 amide bonds. The number of fused-ring (bicyclic) bond motifs is 1. The van der Waals surface area contributed by atoms with Crippen LogP contribution in [-0.2, 0) is 4.79 Å². The standard InChI is InChI=1S/C13H13Cl2NO2/c1-2-3-4-7-12(17)8-5-9(14)10(15)6-11(8)16-13(7)18/h5-6,8,17H,2-4H2,1H3. The summed E-state index contributed by atoms with van der Waals surface area (Å²) in [5.74, 6) is -0.763. The Morgan fingerprint density at radius 2 is 2.11 bits per heavy atom. The Bertz CT molecular complexity index is 515. The number of carbonyl (C=O) groups excluding carboxylic acids is 1. The number of allylic oxidation sites excluding steroid dienone is 4. The first kappa shape index (κ1) is 13.4. The number of amides is 1. The summed E-state index contributed by atoms with van der Waals surface area (Å²) in [5, 5.41) is 10.9. The smallest absolute Gasteiger partial charge is 0.276 e. The molecule has 1 N–H and O–H groups in total. The van der Waals surface area contributed by atoms with E-state index in [0.717, 1.165) is 12.8 Å². The summed E-state index contributed by atoms with van der Waals surface area (Å²) in [4.78, 5) is 15.8. The number of nitrogens with zero attached hydrogens (tertiary/aromatic N) is 1. The summed E-state index contributed by atoms with van der Waals surface area (Å²) in [6.07, 6.45) is 5.48. The summed E-state index contributed by atoms with van der Waals surface area (Å²) >= 11 is 11.8. The predicted octanol–water partition coefficient (Wildman–Crippen LogP) is 3.85. The molecule has 1 aliphatic heterocycles. The molecule has 0 radical (unpaired) electrons. The summed E-state index contributed by atoms with van der Waals surface area (Å²) < 4.78 is 0. The number of carbonyl (C=O) groups is 1. The second-order valence-electron chi connectivity index (χ2n) is 4.29. The van der Waals surface area contributed by atoms with Gasteiger partial charge in [-0.15, -0.1) is 0 Å². The van der Waals surface area contributed by atoms with Crippen molar-refractivity contribution in [3.63, 3.8) is 0 Å². The van der Waals surface area contributed by atoms with E-state index in [1.165, 1.54) is 6.08 Å². The van der Waals surface area contributed by atoms with E-state index in [1.807, 2.05) is 6.92 Å². The SMILES string of the molecule is CCCCC1=C(O)C2C=C(Cl)C(Cl)=CC2=NC1=O. The van der Waals surface area contributed by atoms with Gasteiger partial charge in [-0.2, -0.15) is 0 Å². The molecule has 0 aromatic carbocycles. The van der Waals surface area contributed by atoms with Gasteiger partial charge in [0.05, 0.1) is 27.3 Å². The van der Waals surface area contributed by atoms with E-state index in [9.17, 15) is 9.90 Å². The van der Waals surface area contributed by atoms with Crippen molar-refractivity contribution in [1.29, 1.82) is 0 Å². The van der Waals surface area contributed by atoms with Gasteiger partial charge in [-0.3, -0.25) is 4.79 Å². The van der Waals surface area contributed by atoms with Crippen molar-refractivity contribution in [2.75, 3.05) is 0 Å². The lowest BCUT2D eigenvalue weighted by Gasteiger charge is -2.23. The highest BCUT2D eigenvalue weighted by Crippen LogP contribution is 2.34. The molecule has 2 rings (SSSR count). The van der Waals surface area contributed by atoms with Crippen LogP contribution >= 0.6 is 23.2 Å². The lowest BCUT2D eigenvalue weighted by molar-refractivity contribution is -0.114. The number of halogens is 2. The maximum absolute atomic E-state index is 11.8. The second kappa shape index (κ2) is 5.29. The minimum absolute atomic E-state index is 0.0528. The Kier molecular flexibility index (Phi) is 3.93. The maximum Gasteiger partial charge on any atom is 0.276 e. The Hall–Kier alpha value is -1.06. The quantitative estimate of drug-likeness (QED) is 0.856. The lowest BCUT2D eigenvalue weighted by atomic mass is 9.89. The molecular weight excluding hydrogens is 273 g/mol. The third kappa shape index (κ3) is 2.38. The van der Waals surface area contributed by atoms with E-state index < -0.39 is 5.92 Å². The highest BCUT2D eigenvalue weighted by molar-refractivity contribution is 6.45. The summed E-state index contributed by atoms with van der Waals surface area (Å²) in [6.45, 7) is 2.03. The van der Waals surface area contributed by atoms with Crippen molar-refractivity contribution < 1.29 is 9.90 Å². The van der Waals surface area contributed by atoms with Crippen LogP contribution in [0.25, 0.3) is 0 Å². The third-order valence-corrected chi connectivity index (χ3v) is 3.75. The van der Waals surface area contributed by atoms with Gasteiger partial charge in [0.1, 0.15) is 5.76 Å². The van der Waals surface area contributed by atoms with Gasteiger partial charge in [-0.25, -0.2) is 4.99 Å². The number of dihydropyridines is 1. The second-order valence-corrected chi connectivity index (χ2v) is 5.11. The zero-order valence-electron chi connectivity index (χ0n) is 9.91. The van der Waals surface area contributed by atoms with Gasteiger partial charge >= 0.3 is 0 Å². The van der Waals surface area contributed by atoms with Crippen LogP contribution in [0.3, 0.4) is 0 Å². The molecule has 2 aliphatic rings. The van der Waals surface area contributed by atoms with Gasteiger partial charge in [0, 0.05) is 0 Å². The van der Waals surface area contributed by atoms with Crippen LogP contribution in [0.15, 0.2) is 38.5 Å². The van der Waals surface area contributed by atoms with Gasteiger partial charge in [0.2, 0.25) is 0 Å². The van der Waals surface area contributed by atoms with Gasteiger partial charge in [-0.1, -0.05) is 36.5 Å². The van der Waals surface area contributed by atoms with Crippen LogP contribution in [0.1, 0.15) is 26.2 Å². The molecule has 1 aliphatic carbocycles. The monoisotopic (exact) mass is 285 g/mol. The van der Waals surface area contributed by atoms with Crippen LogP contribution < -0.4 is 0 Å². The number of unbranched alkanes of at least 4 members (excludes halogenated alkanes) is 1. The fourth-order valence-electron chi connectivity index (χ4n) is 1.99. The molecule has 0 saturated heterocycles. The summed E-state index contributed by atoms with van der Waals surface area (Å²) in [7, 11) is 0. The van der Waals surface area contributed by atoms with Crippen molar-refractivity contribution >= 4 is 34.8 Å². The molecule has 1 unspecified atom stereocenters. The van der Waals surface area contributed by atoms with Crippen molar-refractivity contribution in [1.82, 2.24) is 0 Å². The van der Waals surface area contributed by atoms with E-state index in [2.05, 4.69) is 4.99 Å². The normalized spacial score (nSPS) is 23.4. The Morgan fingerprint density at radius 1 is 1.39 bits per heavy atom. The van der Waals surface area contributed by atoms with Crippen LogP contribution in [0.2, 0.25) is 0 Å². The number of aliphatic hydroxyl groups excluding tert-OH is 1. The first-order chi connectivity index (χ1) is 8.54. The molecule has 0 bridgehead atoms. The van der Waals surface area contributed by atoms with Crippen LogP contribution in [0.5, 0.6) is 0 Å². The number of hydrogen-bond donors (Lipinski definition) is 1. The zero-order chi connectivity index (χ0) is 13.3. The largest absolute Gasteiger partial charge is 0.511 e. The average Bonchev–Trinajstić information content (AvgIpc) is 2.32. The fourth-order valence-corrected chi connectivity index (χ4v) is 2.35. The van der Waals surface area contributed by atoms with Crippen LogP contribution in [0, 0.1) is 5.92 Å². The molecular formula is C13H13Cl2NO2. The van der Waals surface area contributed by atoms with Crippen molar-refractivity contribution in [2.24, 2.45) is 10.9 Å². The highest BCUT2D eigenvalue weighted by Gasteiger charge is 2.31. The molecule has 1 heterocycles. The first-order valence-corrected chi connectivity index (χ1v) is 6.60. The number of aliphatic hydroxyl groups is 1. The molecule has 0 spiro atoms. The molecule has 0 fully saturated rings. The molecule has 18 heavy (non-hydrogen) atoms. The minimum atomic E-state index is -0.440. The Morgan fingerprint density at radius 3 is 2.78 bits per heavy atom. The Balaban J connectivity index is 2.36. The molecule has 0 saturated carbocycles. The minimum Gasteiger partial charge on any atom is -0.511 e. The molecule has 1 atom stereocenters. The van der Waals surface area contributed by atoms with E-state index in [-0.39, 0.29) is 11.7 Å². The van der Waals surface area contributed by atoms with Crippen molar-refractivity contribution in [3.05, 3.63) is 33.5 Å². The molecule has 96 valence electrons. The van der Waals surface area contributed by atoms with E-state index >= 15 is 0 Å².